The molecule has 0 saturated carbocycles. The van der Waals surface area contributed by atoms with Crippen LogP contribution in [0.3, 0.4) is 0 Å². The Morgan fingerprint density at radius 1 is 1.32 bits per heavy atom. The number of carbonyl (C=O) groups excluding carboxylic acids is 1. The molecule has 1 aromatic carbocycles. The van der Waals surface area contributed by atoms with Gasteiger partial charge in [0.25, 0.3) is 10.1 Å². The van der Waals surface area contributed by atoms with Crippen molar-refractivity contribution in [3.63, 3.8) is 0 Å². The largest absolute Gasteiger partial charge is 0.465 e. The first-order valence-corrected chi connectivity index (χ1v) is 8.91. The van der Waals surface area contributed by atoms with E-state index in [0.717, 1.165) is 17.4 Å². The van der Waals surface area contributed by atoms with Crippen LogP contribution in [0.4, 0.5) is 4.79 Å². The minimum Gasteiger partial charge on any atom is -0.465 e. The number of hydrogen-bond donors (Lipinski definition) is 1. The summed E-state index contributed by atoms with van der Waals surface area (Å²) < 4.78 is 34.6. The highest BCUT2D eigenvalue weighted by Crippen LogP contribution is 2.19. The lowest BCUT2D eigenvalue weighted by Gasteiger charge is -2.28. The van der Waals surface area contributed by atoms with E-state index in [1.54, 1.807) is 24.3 Å². The Morgan fingerprint density at radius 2 is 1.96 bits per heavy atom. The van der Waals surface area contributed by atoms with Gasteiger partial charge in [0.1, 0.15) is 6.61 Å². The van der Waals surface area contributed by atoms with Crippen LogP contribution in [0.2, 0.25) is 0 Å². The number of ether oxygens (including phenoxy) is 1. The standard InChI is InChI=1S/C16H19NO7S/c1-11-5-7-13(8-6-11)25(21,22)23-10-15(24-12(2)18)14-4-3-9-17(14)16(19)20/h3-8,14-15H,9-10H2,1-2H3,(H,19,20)/t14-,15+/m0/s1. The molecule has 0 radical (unpaired) electrons. The highest BCUT2D eigenvalue weighted by atomic mass is 32.2. The molecule has 1 aromatic rings. The maximum atomic E-state index is 12.3. The first kappa shape index (κ1) is 18.9. The first-order valence-electron chi connectivity index (χ1n) is 7.50. The van der Waals surface area contributed by atoms with E-state index < -0.39 is 40.9 Å². The number of carboxylic acid groups (broad SMARTS) is 1. The van der Waals surface area contributed by atoms with Crippen LogP contribution in [0, 0.1) is 6.92 Å². The van der Waals surface area contributed by atoms with E-state index in [1.165, 1.54) is 12.1 Å². The van der Waals surface area contributed by atoms with Crippen molar-refractivity contribution in [2.75, 3.05) is 13.2 Å². The summed E-state index contributed by atoms with van der Waals surface area (Å²) in [5, 5.41) is 9.19. The molecule has 136 valence electrons. The van der Waals surface area contributed by atoms with Crippen LogP contribution in [-0.2, 0) is 23.8 Å². The van der Waals surface area contributed by atoms with Crippen molar-refractivity contribution in [3.8, 4) is 0 Å². The molecular formula is C16H19NO7S. The fourth-order valence-electron chi connectivity index (χ4n) is 2.41. The van der Waals surface area contributed by atoms with Gasteiger partial charge in [-0.25, -0.2) is 4.79 Å². The average molecular weight is 369 g/mol. The number of hydrogen-bond acceptors (Lipinski definition) is 6. The van der Waals surface area contributed by atoms with Crippen LogP contribution < -0.4 is 0 Å². The summed E-state index contributed by atoms with van der Waals surface area (Å²) in [7, 11) is -4.06. The molecule has 1 aliphatic heterocycles. The van der Waals surface area contributed by atoms with Gasteiger partial charge in [-0.1, -0.05) is 29.8 Å². The number of carbonyl (C=O) groups is 2. The van der Waals surface area contributed by atoms with Crippen LogP contribution in [0.25, 0.3) is 0 Å². The summed E-state index contributed by atoms with van der Waals surface area (Å²) in [6.45, 7) is 2.61. The number of esters is 1. The third-order valence-corrected chi connectivity index (χ3v) is 4.93. The van der Waals surface area contributed by atoms with Crippen molar-refractivity contribution in [2.45, 2.75) is 30.9 Å². The molecule has 1 N–H and O–H groups in total. The smallest absolute Gasteiger partial charge is 0.408 e. The molecule has 25 heavy (non-hydrogen) atoms. The number of nitrogens with zero attached hydrogens (tertiary/aromatic N) is 1. The molecule has 0 fully saturated rings. The normalized spacial score (nSPS) is 18.2. The Labute approximate surface area is 145 Å². The minimum atomic E-state index is -4.06. The van der Waals surface area contributed by atoms with Crippen molar-refractivity contribution in [2.24, 2.45) is 0 Å². The van der Waals surface area contributed by atoms with E-state index >= 15 is 0 Å². The van der Waals surface area contributed by atoms with Gasteiger partial charge < -0.3 is 9.84 Å². The Hall–Kier alpha value is -2.39. The molecule has 0 spiro atoms. The quantitative estimate of drug-likeness (QED) is 0.460. The summed E-state index contributed by atoms with van der Waals surface area (Å²) >= 11 is 0. The average Bonchev–Trinajstić information content (AvgIpc) is 3.01. The minimum absolute atomic E-state index is 0.0308. The second kappa shape index (κ2) is 7.66. The Bertz CT molecular complexity index is 770. The predicted octanol–water partition coefficient (Wildman–Crippen LogP) is 1.55. The topological polar surface area (TPSA) is 110 Å². The van der Waals surface area contributed by atoms with Gasteiger partial charge in [0.05, 0.1) is 10.9 Å². The van der Waals surface area contributed by atoms with Gasteiger partial charge in [0.15, 0.2) is 6.10 Å². The molecule has 0 bridgehead atoms. The lowest BCUT2D eigenvalue weighted by Crippen LogP contribution is -2.46. The molecule has 0 aliphatic carbocycles. The van der Waals surface area contributed by atoms with Crippen LogP contribution in [-0.4, -0.2) is 55.8 Å². The molecule has 2 rings (SSSR count). The molecule has 0 unspecified atom stereocenters. The van der Waals surface area contributed by atoms with Crippen LogP contribution in [0.5, 0.6) is 0 Å². The second-order valence-corrected chi connectivity index (χ2v) is 7.17. The zero-order valence-electron chi connectivity index (χ0n) is 13.8. The lowest BCUT2D eigenvalue weighted by molar-refractivity contribution is -0.150. The van der Waals surface area contributed by atoms with Gasteiger partial charge in [-0.3, -0.25) is 13.9 Å². The van der Waals surface area contributed by atoms with Gasteiger partial charge in [-0.15, -0.1) is 0 Å². The SMILES string of the molecule is CC(=O)O[C@H](COS(=O)(=O)c1ccc(C)cc1)[C@@H]1C=CCN1C(=O)O. The van der Waals surface area contributed by atoms with Gasteiger partial charge in [0, 0.05) is 13.5 Å². The predicted molar refractivity (Wildman–Crippen MR) is 87.5 cm³/mol. The third-order valence-electron chi connectivity index (χ3n) is 3.64. The fraction of sp³-hybridized carbons (Fsp3) is 0.375. The van der Waals surface area contributed by atoms with Crippen LogP contribution in [0.1, 0.15) is 12.5 Å². The maximum Gasteiger partial charge on any atom is 0.408 e. The van der Waals surface area contributed by atoms with E-state index in [2.05, 4.69) is 0 Å². The monoisotopic (exact) mass is 369 g/mol. The molecule has 1 heterocycles. The summed E-state index contributed by atoms with van der Waals surface area (Å²) in [5.41, 5.74) is 0.893. The second-order valence-electron chi connectivity index (χ2n) is 5.55. The summed E-state index contributed by atoms with van der Waals surface area (Å²) in [5.74, 6) is -0.660. The molecule has 0 saturated heterocycles. The fourth-order valence-corrected chi connectivity index (χ4v) is 3.33. The molecule has 1 amide bonds. The summed E-state index contributed by atoms with van der Waals surface area (Å²) in [6, 6.07) is 5.27. The van der Waals surface area contributed by atoms with Crippen molar-refractivity contribution in [3.05, 3.63) is 42.0 Å². The molecular weight excluding hydrogens is 350 g/mol. The highest BCUT2D eigenvalue weighted by molar-refractivity contribution is 7.86. The van der Waals surface area contributed by atoms with Crippen molar-refractivity contribution in [1.82, 2.24) is 4.90 Å². The zero-order chi connectivity index (χ0) is 18.6. The summed E-state index contributed by atoms with van der Waals surface area (Å²) in [6.07, 6.45) is 0.869. The van der Waals surface area contributed by atoms with E-state index in [-0.39, 0.29) is 11.4 Å². The lowest BCUT2D eigenvalue weighted by atomic mass is 10.1. The maximum absolute atomic E-state index is 12.3. The Balaban J connectivity index is 2.14. The van der Waals surface area contributed by atoms with Crippen LogP contribution >= 0.6 is 0 Å². The van der Waals surface area contributed by atoms with E-state index in [1.807, 2.05) is 6.92 Å². The zero-order valence-corrected chi connectivity index (χ0v) is 14.6. The van der Waals surface area contributed by atoms with Crippen LogP contribution in [0.15, 0.2) is 41.3 Å². The Morgan fingerprint density at radius 3 is 2.52 bits per heavy atom. The van der Waals surface area contributed by atoms with Gasteiger partial charge >= 0.3 is 12.1 Å². The van der Waals surface area contributed by atoms with E-state index in [9.17, 15) is 23.1 Å². The van der Waals surface area contributed by atoms with Crippen molar-refractivity contribution in [1.29, 1.82) is 0 Å². The van der Waals surface area contributed by atoms with E-state index in [0.29, 0.717) is 0 Å². The van der Waals surface area contributed by atoms with Gasteiger partial charge in [0.2, 0.25) is 0 Å². The molecule has 1 aliphatic rings. The summed E-state index contributed by atoms with van der Waals surface area (Å²) in [4.78, 5) is 23.6. The van der Waals surface area contributed by atoms with Crippen molar-refractivity contribution < 1.29 is 32.0 Å². The van der Waals surface area contributed by atoms with E-state index in [4.69, 9.17) is 8.92 Å². The molecule has 2 atom stereocenters. The molecule has 8 nitrogen and oxygen atoms in total. The molecule has 0 aromatic heterocycles. The number of rotatable bonds is 6. The number of amides is 1. The molecule has 9 heteroatoms. The number of benzene rings is 1. The Kier molecular flexibility index (Phi) is 5.81. The number of aryl methyl sites for hydroxylation is 1. The third kappa shape index (κ3) is 4.80. The van der Waals surface area contributed by atoms with Gasteiger partial charge in [-0.05, 0) is 19.1 Å². The first-order chi connectivity index (χ1) is 11.7. The highest BCUT2D eigenvalue weighted by Gasteiger charge is 2.35. The van der Waals surface area contributed by atoms with Crippen molar-refractivity contribution >= 4 is 22.2 Å². The van der Waals surface area contributed by atoms with Gasteiger partial charge in [-0.2, -0.15) is 8.42 Å².